The zero-order valence-corrected chi connectivity index (χ0v) is 11.2. The summed E-state index contributed by atoms with van der Waals surface area (Å²) in [5.41, 5.74) is 0.141. The van der Waals surface area contributed by atoms with Crippen molar-refractivity contribution in [1.29, 1.82) is 0 Å². The van der Waals surface area contributed by atoms with Crippen molar-refractivity contribution in [1.82, 2.24) is 0 Å². The fraction of sp³-hybridized carbons (Fsp3) is 0.923. The van der Waals surface area contributed by atoms with E-state index in [1.54, 1.807) is 0 Å². The molecule has 0 aromatic rings. The number of ether oxygens (including phenoxy) is 2. The molecule has 6 saturated carbocycles. The van der Waals surface area contributed by atoms with Gasteiger partial charge >= 0.3 is 5.97 Å². The van der Waals surface area contributed by atoms with E-state index in [2.05, 4.69) is 15.9 Å². The van der Waals surface area contributed by atoms with Gasteiger partial charge in [-0.3, -0.25) is 4.79 Å². The smallest absolute Gasteiger partial charge is 0.303 e. The summed E-state index contributed by atoms with van der Waals surface area (Å²) in [7, 11) is 0. The molecule has 18 heavy (non-hydrogen) atoms. The molecule has 6 aliphatic carbocycles. The topological polar surface area (TPSA) is 55.8 Å². The van der Waals surface area contributed by atoms with Gasteiger partial charge in [-0.05, 0) is 35.0 Å². The van der Waals surface area contributed by atoms with Crippen LogP contribution in [-0.2, 0) is 14.3 Å². The van der Waals surface area contributed by atoms with E-state index in [0.29, 0.717) is 55.1 Å². The van der Waals surface area contributed by atoms with Crippen LogP contribution >= 0.6 is 15.9 Å². The number of alkyl halides is 1. The molecule has 0 aromatic heterocycles. The summed E-state index contributed by atoms with van der Waals surface area (Å²) in [6.07, 6.45) is 0.371. The largest absolute Gasteiger partial charge is 0.481 e. The Balaban J connectivity index is 1.49. The van der Waals surface area contributed by atoms with Gasteiger partial charge in [-0.25, -0.2) is 0 Å². The van der Waals surface area contributed by atoms with Crippen molar-refractivity contribution in [3.05, 3.63) is 0 Å². The third-order valence-electron chi connectivity index (χ3n) is 7.30. The number of hydrogen-bond acceptors (Lipinski definition) is 3. The highest BCUT2D eigenvalue weighted by atomic mass is 79.9. The highest BCUT2D eigenvalue weighted by Crippen LogP contribution is 3.05. The lowest BCUT2D eigenvalue weighted by Crippen LogP contribution is -2.92. The maximum Gasteiger partial charge on any atom is 0.303 e. The minimum absolute atomic E-state index is 0.0292. The second kappa shape index (κ2) is 2.21. The van der Waals surface area contributed by atoms with Crippen LogP contribution < -0.4 is 0 Å². The molecular formula is C13H13BrO4. The van der Waals surface area contributed by atoms with Gasteiger partial charge in [0.15, 0.2) is 5.79 Å². The lowest BCUT2D eigenvalue weighted by Gasteiger charge is -2.91. The monoisotopic (exact) mass is 312 g/mol. The average Bonchev–Trinajstić information content (AvgIpc) is 2.86. The van der Waals surface area contributed by atoms with E-state index in [-0.39, 0.29) is 9.74 Å². The Morgan fingerprint density at radius 2 is 1.67 bits per heavy atom. The Labute approximate surface area is 112 Å². The summed E-state index contributed by atoms with van der Waals surface area (Å²) in [4.78, 5) is 11.1. The van der Waals surface area contributed by atoms with Crippen LogP contribution in [0.3, 0.4) is 0 Å². The molecule has 4 nitrogen and oxygen atoms in total. The maximum absolute atomic E-state index is 11.1. The van der Waals surface area contributed by atoms with Crippen molar-refractivity contribution in [2.45, 2.75) is 16.5 Å². The van der Waals surface area contributed by atoms with Crippen LogP contribution in [0.25, 0.3) is 0 Å². The van der Waals surface area contributed by atoms with Crippen LogP contribution in [0.4, 0.5) is 0 Å². The molecule has 7 rings (SSSR count). The Hall–Kier alpha value is -0.130. The van der Waals surface area contributed by atoms with E-state index >= 15 is 0 Å². The Bertz CT molecular complexity index is 505. The second-order valence-corrected chi connectivity index (χ2v) is 8.28. The quantitative estimate of drug-likeness (QED) is 0.776. The molecule has 96 valence electrons. The molecule has 1 heterocycles. The Morgan fingerprint density at radius 1 is 1.11 bits per heavy atom. The summed E-state index contributed by atoms with van der Waals surface area (Å²) in [5, 5.41) is 9.15. The van der Waals surface area contributed by atoms with E-state index in [9.17, 15) is 4.79 Å². The fourth-order valence-electron chi connectivity index (χ4n) is 7.46. The van der Waals surface area contributed by atoms with Crippen molar-refractivity contribution < 1.29 is 19.4 Å². The van der Waals surface area contributed by atoms with Gasteiger partial charge < -0.3 is 14.6 Å². The zero-order chi connectivity index (χ0) is 12.1. The first-order valence-corrected chi connectivity index (χ1v) is 7.58. The lowest BCUT2D eigenvalue weighted by atomic mass is 9.13. The van der Waals surface area contributed by atoms with Crippen molar-refractivity contribution >= 4 is 21.9 Å². The van der Waals surface area contributed by atoms with Gasteiger partial charge in [-0.15, -0.1) is 0 Å². The number of aliphatic carboxylic acids is 1. The van der Waals surface area contributed by atoms with Crippen LogP contribution in [-0.4, -0.2) is 34.4 Å². The van der Waals surface area contributed by atoms with Crippen LogP contribution in [0.5, 0.6) is 0 Å². The minimum atomic E-state index is -0.628. The van der Waals surface area contributed by atoms with Crippen LogP contribution in [0.2, 0.25) is 0 Å². The van der Waals surface area contributed by atoms with E-state index in [0.717, 1.165) is 0 Å². The number of halogens is 1. The van der Waals surface area contributed by atoms with Crippen molar-refractivity contribution in [3.63, 3.8) is 0 Å². The first-order chi connectivity index (χ1) is 8.61. The molecule has 5 heteroatoms. The maximum atomic E-state index is 11.1. The Morgan fingerprint density at radius 3 is 2.22 bits per heavy atom. The van der Waals surface area contributed by atoms with Gasteiger partial charge in [0, 0.05) is 5.92 Å². The average molecular weight is 313 g/mol. The fourth-order valence-corrected chi connectivity index (χ4v) is 9.09. The molecule has 0 radical (unpaired) electrons. The van der Waals surface area contributed by atoms with Crippen LogP contribution in [0, 0.1) is 40.9 Å². The van der Waals surface area contributed by atoms with E-state index < -0.39 is 11.8 Å². The molecule has 1 saturated heterocycles. The number of carboxylic acid groups (broad SMARTS) is 1. The van der Waals surface area contributed by atoms with Gasteiger partial charge in [-0.1, -0.05) is 15.9 Å². The first-order valence-electron chi connectivity index (χ1n) is 6.79. The van der Waals surface area contributed by atoms with Crippen molar-refractivity contribution in [2.24, 2.45) is 40.9 Å². The molecule has 1 N–H and O–H groups in total. The highest BCUT2D eigenvalue weighted by molar-refractivity contribution is 9.10. The number of hydrogen-bond donors (Lipinski definition) is 1. The van der Waals surface area contributed by atoms with Gasteiger partial charge in [0.1, 0.15) is 0 Å². The lowest BCUT2D eigenvalue weighted by molar-refractivity contribution is -0.438. The predicted molar refractivity (Wildman–Crippen MR) is 61.9 cm³/mol. The molecule has 0 amide bonds. The first kappa shape index (κ1) is 9.72. The standard InChI is InChI=1S/C13H13BrO4/c14-12-8-5-9(12)7-10(13(12)17-1-2-18-13)6(8)11(5,7)3-4(15)16/h5-10H,1-3H2,(H,15,16). The molecular weight excluding hydrogens is 300 g/mol. The second-order valence-electron chi connectivity index (χ2n) is 6.97. The van der Waals surface area contributed by atoms with E-state index in [1.807, 2.05) is 0 Å². The molecule has 7 fully saturated rings. The predicted octanol–water partition coefficient (Wildman–Crippen LogP) is 1.09. The molecule has 2 bridgehead atoms. The number of carbonyl (C=O) groups is 1. The molecule has 1 spiro atoms. The Kier molecular flexibility index (Phi) is 1.19. The van der Waals surface area contributed by atoms with Crippen LogP contribution in [0.15, 0.2) is 0 Å². The van der Waals surface area contributed by atoms with Crippen molar-refractivity contribution in [3.8, 4) is 0 Å². The summed E-state index contributed by atoms with van der Waals surface area (Å²) in [5.74, 6) is 2.43. The minimum Gasteiger partial charge on any atom is -0.481 e. The summed E-state index contributed by atoms with van der Waals surface area (Å²) < 4.78 is 12.1. The van der Waals surface area contributed by atoms with Gasteiger partial charge in [0.05, 0.1) is 24.0 Å². The highest BCUT2D eigenvalue weighted by Gasteiger charge is 3.08. The van der Waals surface area contributed by atoms with Crippen molar-refractivity contribution in [2.75, 3.05) is 13.2 Å². The molecule has 4 atom stereocenters. The zero-order valence-electron chi connectivity index (χ0n) is 9.64. The number of carboxylic acids is 1. The summed E-state index contributed by atoms with van der Waals surface area (Å²) in [6, 6.07) is 0. The molecule has 0 aromatic carbocycles. The van der Waals surface area contributed by atoms with Gasteiger partial charge in [0.25, 0.3) is 0 Å². The summed E-state index contributed by atoms with van der Waals surface area (Å²) >= 11 is 3.97. The van der Waals surface area contributed by atoms with E-state index in [4.69, 9.17) is 14.6 Å². The third-order valence-corrected chi connectivity index (χ3v) is 8.91. The summed E-state index contributed by atoms with van der Waals surface area (Å²) in [6.45, 7) is 1.39. The van der Waals surface area contributed by atoms with Crippen LogP contribution in [0.1, 0.15) is 6.42 Å². The normalized spacial score (nSPS) is 70.1. The SMILES string of the molecule is O=C(O)CC12C3C4C1C1C2C3C1(Br)C41OCCO1. The molecule has 1 aliphatic heterocycles. The van der Waals surface area contributed by atoms with Gasteiger partial charge in [0.2, 0.25) is 0 Å². The van der Waals surface area contributed by atoms with Gasteiger partial charge in [-0.2, -0.15) is 0 Å². The third kappa shape index (κ3) is 0.511. The molecule has 4 unspecified atom stereocenters. The molecule has 7 aliphatic rings. The number of rotatable bonds is 2. The van der Waals surface area contributed by atoms with E-state index in [1.165, 1.54) is 0 Å².